The van der Waals surface area contributed by atoms with E-state index in [1.807, 2.05) is 0 Å². The van der Waals surface area contributed by atoms with Gasteiger partial charge in [0.25, 0.3) is 5.91 Å². The van der Waals surface area contributed by atoms with Crippen LogP contribution >= 0.6 is 11.6 Å². The fraction of sp³-hybridized carbons (Fsp3) is 0.417. The van der Waals surface area contributed by atoms with Gasteiger partial charge >= 0.3 is 5.97 Å². The molecule has 0 aromatic carbocycles. The highest BCUT2D eigenvalue weighted by atomic mass is 35.5. The second kappa shape index (κ2) is 5.35. The monoisotopic (exact) mass is 268 g/mol. The molecule has 1 saturated carbocycles. The maximum absolute atomic E-state index is 11.7. The molecule has 0 unspecified atom stereocenters. The summed E-state index contributed by atoms with van der Waals surface area (Å²) in [5, 5.41) is 3.06. The highest BCUT2D eigenvalue weighted by Crippen LogP contribution is 2.19. The molecule has 1 amide bonds. The summed E-state index contributed by atoms with van der Waals surface area (Å²) < 4.78 is 5.03. The average Bonchev–Trinajstić information content (AvgIpc) is 3.13. The fourth-order valence-corrected chi connectivity index (χ4v) is 1.44. The molecular weight excluding hydrogens is 256 g/mol. The molecule has 1 N–H and O–H groups in total. The third-order valence-electron chi connectivity index (χ3n) is 2.54. The predicted molar refractivity (Wildman–Crippen MR) is 65.3 cm³/mol. The molecule has 1 heterocycles. The van der Waals surface area contributed by atoms with Gasteiger partial charge in [0.15, 0.2) is 6.10 Å². The van der Waals surface area contributed by atoms with Gasteiger partial charge in [-0.05, 0) is 31.9 Å². The van der Waals surface area contributed by atoms with Crippen LogP contribution in [0.5, 0.6) is 0 Å². The number of rotatable bonds is 4. The second-order valence-electron chi connectivity index (χ2n) is 4.20. The van der Waals surface area contributed by atoms with Gasteiger partial charge in [-0.1, -0.05) is 11.6 Å². The van der Waals surface area contributed by atoms with Crippen LogP contribution in [-0.2, 0) is 9.53 Å². The molecule has 0 radical (unpaired) electrons. The van der Waals surface area contributed by atoms with Crippen LogP contribution in [-0.4, -0.2) is 29.0 Å². The zero-order chi connectivity index (χ0) is 13.1. The van der Waals surface area contributed by atoms with Gasteiger partial charge in [-0.15, -0.1) is 0 Å². The summed E-state index contributed by atoms with van der Waals surface area (Å²) in [4.78, 5) is 27.1. The Morgan fingerprint density at radius 2 is 2.22 bits per heavy atom. The van der Waals surface area contributed by atoms with Crippen molar-refractivity contribution in [2.24, 2.45) is 0 Å². The minimum Gasteiger partial charge on any atom is -0.449 e. The van der Waals surface area contributed by atoms with Gasteiger partial charge < -0.3 is 10.1 Å². The smallest absolute Gasteiger partial charge is 0.340 e. The summed E-state index contributed by atoms with van der Waals surface area (Å²) in [7, 11) is 0. The number of halogens is 1. The Morgan fingerprint density at radius 1 is 1.50 bits per heavy atom. The Labute approximate surface area is 109 Å². The van der Waals surface area contributed by atoms with Crippen LogP contribution < -0.4 is 5.32 Å². The lowest BCUT2D eigenvalue weighted by atomic mass is 10.3. The molecule has 6 heteroatoms. The molecule has 0 bridgehead atoms. The van der Waals surface area contributed by atoms with Gasteiger partial charge in [0.05, 0.1) is 5.56 Å². The van der Waals surface area contributed by atoms with E-state index < -0.39 is 12.1 Å². The number of carbonyl (C=O) groups is 2. The van der Waals surface area contributed by atoms with Gasteiger partial charge in [0, 0.05) is 12.2 Å². The maximum atomic E-state index is 11.7. The number of hydrogen-bond acceptors (Lipinski definition) is 4. The summed E-state index contributed by atoms with van der Waals surface area (Å²) in [6, 6.07) is 3.24. The lowest BCUT2D eigenvalue weighted by Crippen LogP contribution is -2.37. The first-order valence-electron chi connectivity index (χ1n) is 5.69. The van der Waals surface area contributed by atoms with E-state index in [-0.39, 0.29) is 17.5 Å². The number of hydrogen-bond donors (Lipinski definition) is 1. The normalized spacial score (nSPS) is 15.9. The first kappa shape index (κ1) is 12.8. The number of aromatic nitrogens is 1. The Morgan fingerprint density at radius 3 is 2.78 bits per heavy atom. The van der Waals surface area contributed by atoms with Gasteiger partial charge in [0.1, 0.15) is 5.15 Å². The molecule has 5 nitrogen and oxygen atoms in total. The quantitative estimate of drug-likeness (QED) is 0.665. The second-order valence-corrected chi connectivity index (χ2v) is 4.59. The van der Waals surface area contributed by atoms with Crippen LogP contribution in [0.15, 0.2) is 18.3 Å². The molecule has 1 aromatic rings. The van der Waals surface area contributed by atoms with Gasteiger partial charge in [-0.3, -0.25) is 4.79 Å². The summed E-state index contributed by atoms with van der Waals surface area (Å²) in [6.07, 6.45) is 2.49. The number of nitrogens with zero attached hydrogens (tertiary/aromatic N) is 1. The van der Waals surface area contributed by atoms with Gasteiger partial charge in [0.2, 0.25) is 0 Å². The first-order valence-corrected chi connectivity index (χ1v) is 6.07. The Kier molecular flexibility index (Phi) is 3.81. The van der Waals surface area contributed by atoms with Crippen LogP contribution in [0.3, 0.4) is 0 Å². The lowest BCUT2D eigenvalue weighted by molar-refractivity contribution is -0.129. The van der Waals surface area contributed by atoms with Crippen molar-refractivity contribution < 1.29 is 14.3 Å². The number of pyridine rings is 1. The third-order valence-corrected chi connectivity index (χ3v) is 2.76. The number of nitrogens with one attached hydrogen (secondary N) is 1. The van der Waals surface area contributed by atoms with Crippen molar-refractivity contribution in [1.29, 1.82) is 0 Å². The van der Waals surface area contributed by atoms with E-state index in [0.29, 0.717) is 5.15 Å². The molecule has 1 atom stereocenters. The molecule has 18 heavy (non-hydrogen) atoms. The largest absolute Gasteiger partial charge is 0.449 e. The molecule has 0 aliphatic heterocycles. The third kappa shape index (κ3) is 3.43. The summed E-state index contributed by atoms with van der Waals surface area (Å²) in [5.74, 6) is -0.856. The molecule has 1 aromatic heterocycles. The average molecular weight is 269 g/mol. The summed E-state index contributed by atoms with van der Waals surface area (Å²) >= 11 is 5.61. The highest BCUT2D eigenvalue weighted by molar-refractivity contribution is 6.29. The van der Waals surface area contributed by atoms with Gasteiger partial charge in [-0.2, -0.15) is 0 Å². The highest BCUT2D eigenvalue weighted by Gasteiger charge is 2.27. The van der Waals surface area contributed by atoms with E-state index >= 15 is 0 Å². The van der Waals surface area contributed by atoms with Crippen LogP contribution in [0.2, 0.25) is 5.15 Å². The van der Waals surface area contributed by atoms with E-state index in [9.17, 15) is 9.59 Å². The standard InChI is InChI=1S/C12H13ClN2O3/c1-7(11(16)15-9-3-4-9)18-12(17)8-2-5-10(13)14-6-8/h2,5-7,9H,3-4H2,1H3,(H,15,16)/t7-/m1/s1. The van der Waals surface area contributed by atoms with Crippen LogP contribution in [0.25, 0.3) is 0 Å². The first-order chi connectivity index (χ1) is 8.56. The fourth-order valence-electron chi connectivity index (χ4n) is 1.32. The number of carbonyl (C=O) groups excluding carboxylic acids is 2. The SMILES string of the molecule is C[C@@H](OC(=O)c1ccc(Cl)nc1)C(=O)NC1CC1. The number of esters is 1. The zero-order valence-corrected chi connectivity index (χ0v) is 10.6. The Bertz CT molecular complexity index is 457. The molecular formula is C12H13ClN2O3. The number of ether oxygens (including phenoxy) is 1. The maximum Gasteiger partial charge on any atom is 0.340 e. The molecule has 1 fully saturated rings. The van der Waals surface area contributed by atoms with Crippen molar-refractivity contribution in [3.8, 4) is 0 Å². The molecule has 1 aliphatic rings. The topological polar surface area (TPSA) is 68.3 Å². The van der Waals surface area contributed by atoms with Crippen LogP contribution in [0.1, 0.15) is 30.1 Å². The number of amides is 1. The minimum absolute atomic E-state index is 0.246. The van der Waals surface area contributed by atoms with Crippen molar-refractivity contribution in [1.82, 2.24) is 10.3 Å². The predicted octanol–water partition coefficient (Wildman–Crippen LogP) is 1.56. The van der Waals surface area contributed by atoms with Crippen LogP contribution in [0.4, 0.5) is 0 Å². The Balaban J connectivity index is 1.89. The van der Waals surface area contributed by atoms with E-state index in [4.69, 9.17) is 16.3 Å². The van der Waals surface area contributed by atoms with Crippen molar-refractivity contribution in [3.05, 3.63) is 29.0 Å². The van der Waals surface area contributed by atoms with Crippen molar-refractivity contribution >= 4 is 23.5 Å². The summed E-state index contributed by atoms with van der Waals surface area (Å²) in [5.41, 5.74) is 0.269. The van der Waals surface area contributed by atoms with E-state index in [1.165, 1.54) is 18.3 Å². The van der Waals surface area contributed by atoms with E-state index in [2.05, 4.69) is 10.3 Å². The Hall–Kier alpha value is -1.62. The summed E-state index contributed by atoms with van der Waals surface area (Å²) in [6.45, 7) is 1.54. The molecule has 0 spiro atoms. The lowest BCUT2D eigenvalue weighted by Gasteiger charge is -2.12. The molecule has 2 rings (SSSR count). The van der Waals surface area contributed by atoms with Gasteiger partial charge in [-0.25, -0.2) is 9.78 Å². The van der Waals surface area contributed by atoms with Crippen molar-refractivity contribution in [3.63, 3.8) is 0 Å². The van der Waals surface area contributed by atoms with E-state index in [0.717, 1.165) is 12.8 Å². The van der Waals surface area contributed by atoms with Crippen molar-refractivity contribution in [2.75, 3.05) is 0 Å². The van der Waals surface area contributed by atoms with E-state index in [1.54, 1.807) is 6.92 Å². The molecule has 1 aliphatic carbocycles. The minimum atomic E-state index is -0.811. The molecule has 0 saturated heterocycles. The molecule has 96 valence electrons. The zero-order valence-electron chi connectivity index (χ0n) is 9.85. The van der Waals surface area contributed by atoms with Crippen LogP contribution in [0, 0.1) is 0 Å². The van der Waals surface area contributed by atoms with Crippen molar-refractivity contribution in [2.45, 2.75) is 31.9 Å².